The van der Waals surface area contributed by atoms with Gasteiger partial charge in [-0.05, 0) is 6.92 Å². The summed E-state index contributed by atoms with van der Waals surface area (Å²) in [6.45, 7) is 1.69. The molecule has 1 saturated heterocycles. The largest absolute Gasteiger partial charge is 0.496 e. The minimum Gasteiger partial charge on any atom is -0.496 e. The lowest BCUT2D eigenvalue weighted by Crippen LogP contribution is -2.50. The summed E-state index contributed by atoms with van der Waals surface area (Å²) >= 11 is 0. The number of methoxy groups -OCH3 is 3. The third-order valence-electron chi connectivity index (χ3n) is 4.90. The van der Waals surface area contributed by atoms with Gasteiger partial charge in [-0.15, -0.1) is 0 Å². The maximum Gasteiger partial charge on any atom is 0.261 e. The topological polar surface area (TPSA) is 94.5 Å². The first-order valence-electron chi connectivity index (χ1n) is 7.79. The Morgan fingerprint density at radius 3 is 2.42 bits per heavy atom. The standard InChI is InChI=1S/C17H22O7/c1-8-14(19)11(18)7-12(24-8)9-5-6-10-13(15(9)21-2)16(20)17(10,22-3)23-4/h5-6,8,11-12,14,18-19H,7H2,1-4H3/t8-,11-,12-,14-/m1/s1. The predicted octanol–water partition coefficient (Wildman–Crippen LogP) is 0.909. The fourth-order valence-electron chi connectivity index (χ4n) is 3.55. The normalized spacial score (nSPS) is 31.3. The van der Waals surface area contributed by atoms with E-state index >= 15 is 0 Å². The Morgan fingerprint density at radius 2 is 1.88 bits per heavy atom. The Morgan fingerprint density at radius 1 is 1.21 bits per heavy atom. The number of rotatable bonds is 4. The molecule has 0 unspecified atom stereocenters. The summed E-state index contributed by atoms with van der Waals surface area (Å²) in [5.41, 5.74) is 1.65. The van der Waals surface area contributed by atoms with Crippen molar-refractivity contribution in [2.45, 2.75) is 43.5 Å². The number of Topliss-reactive ketones (excluding diaryl/α,β-unsaturated/α-hetero) is 1. The van der Waals surface area contributed by atoms with E-state index in [1.54, 1.807) is 19.1 Å². The Labute approximate surface area is 140 Å². The highest BCUT2D eigenvalue weighted by molar-refractivity contribution is 6.14. The average molecular weight is 338 g/mol. The molecule has 1 aromatic carbocycles. The molecule has 1 aliphatic carbocycles. The first-order valence-corrected chi connectivity index (χ1v) is 7.79. The first kappa shape index (κ1) is 17.3. The highest BCUT2D eigenvalue weighted by Gasteiger charge is 2.56. The van der Waals surface area contributed by atoms with Crippen molar-refractivity contribution in [3.63, 3.8) is 0 Å². The van der Waals surface area contributed by atoms with Gasteiger partial charge in [-0.2, -0.15) is 0 Å². The molecule has 2 aliphatic rings. The van der Waals surface area contributed by atoms with Crippen LogP contribution in [0, 0.1) is 0 Å². The average Bonchev–Trinajstić information content (AvgIpc) is 2.59. The van der Waals surface area contributed by atoms with Crippen molar-refractivity contribution < 1.29 is 34.0 Å². The van der Waals surface area contributed by atoms with E-state index in [-0.39, 0.29) is 12.2 Å². The van der Waals surface area contributed by atoms with Crippen LogP contribution in [0.2, 0.25) is 0 Å². The molecule has 1 aliphatic heterocycles. The molecule has 2 N–H and O–H groups in total. The lowest BCUT2D eigenvalue weighted by Gasteiger charge is -2.41. The molecular formula is C17H22O7. The van der Waals surface area contributed by atoms with Crippen molar-refractivity contribution in [3.8, 4) is 5.75 Å². The molecule has 4 atom stereocenters. The molecule has 0 aromatic heterocycles. The van der Waals surface area contributed by atoms with E-state index in [2.05, 4.69) is 0 Å². The van der Waals surface area contributed by atoms with Crippen LogP contribution in [0.25, 0.3) is 0 Å². The zero-order valence-corrected chi connectivity index (χ0v) is 14.1. The van der Waals surface area contributed by atoms with Crippen molar-refractivity contribution in [1.82, 2.24) is 0 Å². The molecule has 7 heteroatoms. The highest BCUT2D eigenvalue weighted by Crippen LogP contribution is 2.50. The lowest BCUT2D eigenvalue weighted by molar-refractivity contribution is -0.186. The van der Waals surface area contributed by atoms with E-state index in [9.17, 15) is 15.0 Å². The van der Waals surface area contributed by atoms with E-state index in [0.29, 0.717) is 22.4 Å². The second-order valence-electron chi connectivity index (χ2n) is 6.09. The van der Waals surface area contributed by atoms with Crippen LogP contribution < -0.4 is 4.74 Å². The number of hydrogen-bond donors (Lipinski definition) is 2. The minimum atomic E-state index is -1.39. The van der Waals surface area contributed by atoms with Crippen LogP contribution in [0.3, 0.4) is 0 Å². The summed E-state index contributed by atoms with van der Waals surface area (Å²) in [6.07, 6.45) is -2.62. The van der Waals surface area contributed by atoms with Gasteiger partial charge >= 0.3 is 0 Å². The van der Waals surface area contributed by atoms with Crippen LogP contribution in [-0.4, -0.2) is 55.6 Å². The fraction of sp³-hybridized carbons (Fsp3) is 0.588. The Balaban J connectivity index is 2.02. The van der Waals surface area contributed by atoms with Gasteiger partial charge in [0.05, 0.1) is 31.0 Å². The van der Waals surface area contributed by atoms with Gasteiger partial charge in [-0.25, -0.2) is 0 Å². The van der Waals surface area contributed by atoms with E-state index in [4.69, 9.17) is 18.9 Å². The third-order valence-corrected chi connectivity index (χ3v) is 4.90. The lowest BCUT2D eigenvalue weighted by atomic mass is 9.77. The van der Waals surface area contributed by atoms with Crippen LogP contribution in [-0.2, 0) is 20.0 Å². The highest BCUT2D eigenvalue weighted by atomic mass is 16.7. The van der Waals surface area contributed by atoms with Gasteiger partial charge in [0.2, 0.25) is 5.78 Å². The summed E-state index contributed by atoms with van der Waals surface area (Å²) in [6, 6.07) is 3.52. The third kappa shape index (κ3) is 2.20. The number of aliphatic hydroxyl groups is 2. The summed E-state index contributed by atoms with van der Waals surface area (Å²) in [4.78, 5) is 12.6. The van der Waals surface area contributed by atoms with E-state index in [0.717, 1.165) is 0 Å². The van der Waals surface area contributed by atoms with Gasteiger partial charge in [-0.1, -0.05) is 12.1 Å². The quantitative estimate of drug-likeness (QED) is 0.788. The van der Waals surface area contributed by atoms with Gasteiger partial charge < -0.3 is 29.2 Å². The van der Waals surface area contributed by atoms with E-state index < -0.39 is 30.2 Å². The molecule has 0 saturated carbocycles. The van der Waals surface area contributed by atoms with Crippen molar-refractivity contribution in [2.24, 2.45) is 0 Å². The van der Waals surface area contributed by atoms with Crippen molar-refractivity contribution in [2.75, 3.05) is 21.3 Å². The molecule has 1 heterocycles. The number of ether oxygens (including phenoxy) is 4. The molecule has 0 amide bonds. The Kier molecular flexibility index (Phi) is 4.39. The van der Waals surface area contributed by atoms with Gasteiger partial charge in [0, 0.05) is 31.8 Å². The molecule has 132 valence electrons. The summed E-state index contributed by atoms with van der Waals surface area (Å²) in [5, 5.41) is 19.8. The molecule has 1 aromatic rings. The van der Waals surface area contributed by atoms with Gasteiger partial charge in [0.25, 0.3) is 5.79 Å². The zero-order valence-electron chi connectivity index (χ0n) is 14.1. The van der Waals surface area contributed by atoms with Crippen LogP contribution >= 0.6 is 0 Å². The summed E-state index contributed by atoms with van der Waals surface area (Å²) < 4.78 is 21.8. The molecule has 0 bridgehead atoms. The van der Waals surface area contributed by atoms with Gasteiger partial charge in [-0.3, -0.25) is 4.79 Å². The second-order valence-corrected chi connectivity index (χ2v) is 6.09. The number of hydrogen-bond acceptors (Lipinski definition) is 7. The number of benzene rings is 1. The SMILES string of the molecule is COc1c([C@H]2C[C@@H](O)[C@H](O)[C@@H](C)O2)ccc2c1C(=O)C2(OC)OC. The van der Waals surface area contributed by atoms with Crippen LogP contribution in [0.5, 0.6) is 5.75 Å². The molecule has 24 heavy (non-hydrogen) atoms. The summed E-state index contributed by atoms with van der Waals surface area (Å²) in [7, 11) is 4.30. The zero-order chi connectivity index (χ0) is 17.6. The number of carbonyl (C=O) groups excluding carboxylic acids is 1. The predicted molar refractivity (Wildman–Crippen MR) is 82.9 cm³/mol. The monoisotopic (exact) mass is 338 g/mol. The second kappa shape index (κ2) is 6.09. The Hall–Kier alpha value is -1.51. The first-order chi connectivity index (χ1) is 11.4. The van der Waals surface area contributed by atoms with Crippen molar-refractivity contribution >= 4 is 5.78 Å². The maximum absolute atomic E-state index is 12.6. The van der Waals surface area contributed by atoms with Crippen LogP contribution in [0.1, 0.15) is 40.9 Å². The molecular weight excluding hydrogens is 316 g/mol. The van der Waals surface area contributed by atoms with Crippen LogP contribution in [0.15, 0.2) is 12.1 Å². The number of fused-ring (bicyclic) bond motifs is 1. The molecule has 0 radical (unpaired) electrons. The number of ketones is 1. The van der Waals surface area contributed by atoms with E-state index in [1.165, 1.54) is 21.3 Å². The molecule has 1 fully saturated rings. The van der Waals surface area contributed by atoms with E-state index in [1.807, 2.05) is 0 Å². The minimum absolute atomic E-state index is 0.217. The number of carbonyl (C=O) groups is 1. The molecule has 3 rings (SSSR count). The maximum atomic E-state index is 12.6. The number of aliphatic hydroxyl groups excluding tert-OH is 2. The summed E-state index contributed by atoms with van der Waals surface area (Å²) in [5.74, 6) is -1.31. The van der Waals surface area contributed by atoms with Gasteiger partial charge in [0.1, 0.15) is 11.9 Å². The molecule has 7 nitrogen and oxygen atoms in total. The smallest absolute Gasteiger partial charge is 0.261 e. The fourth-order valence-corrected chi connectivity index (χ4v) is 3.55. The molecule has 0 spiro atoms. The Bertz CT molecular complexity index is 641. The van der Waals surface area contributed by atoms with Crippen molar-refractivity contribution in [1.29, 1.82) is 0 Å². The van der Waals surface area contributed by atoms with Gasteiger partial charge in [0.15, 0.2) is 0 Å². The van der Waals surface area contributed by atoms with Crippen LogP contribution in [0.4, 0.5) is 0 Å². The van der Waals surface area contributed by atoms with Crippen molar-refractivity contribution in [3.05, 3.63) is 28.8 Å².